The number of hydrogen-bond acceptors (Lipinski definition) is 4. The lowest BCUT2D eigenvalue weighted by Gasteiger charge is -2.17. The smallest absolute Gasteiger partial charge is 0.244 e. The zero-order valence-corrected chi connectivity index (χ0v) is 12.6. The Labute approximate surface area is 119 Å². The molecule has 106 valence electrons. The number of pyridine rings is 1. The highest BCUT2D eigenvalue weighted by Gasteiger charge is 2.29. The Balaban J connectivity index is 2.21. The summed E-state index contributed by atoms with van der Waals surface area (Å²) in [4.78, 5) is 4.20. The van der Waals surface area contributed by atoms with Crippen LogP contribution >= 0.6 is 11.6 Å². The Hall–Kier alpha value is -0.850. The van der Waals surface area contributed by atoms with Crippen LogP contribution in [0.5, 0.6) is 0 Å². The van der Waals surface area contributed by atoms with Crippen LogP contribution < -0.4 is 5.32 Å². The van der Waals surface area contributed by atoms with Crippen molar-refractivity contribution >= 4 is 27.4 Å². The number of nitrogens with one attached hydrogen (secondary N) is 1. The number of nitrogens with zero attached hydrogens (tertiary/aromatic N) is 2. The molecule has 1 heterocycles. The van der Waals surface area contributed by atoms with Crippen molar-refractivity contribution in [2.24, 2.45) is 5.92 Å². The van der Waals surface area contributed by atoms with Crippen LogP contribution in [0, 0.1) is 5.92 Å². The first-order chi connectivity index (χ1) is 8.95. The molecule has 1 aromatic rings. The van der Waals surface area contributed by atoms with Crippen LogP contribution in [0.4, 0.5) is 5.82 Å². The fourth-order valence-corrected chi connectivity index (χ4v) is 3.32. The number of halogens is 1. The predicted octanol–water partition coefficient (Wildman–Crippen LogP) is 2.20. The van der Waals surface area contributed by atoms with E-state index in [1.807, 2.05) is 6.92 Å². The van der Waals surface area contributed by atoms with Gasteiger partial charge in [-0.2, -0.15) is 0 Å². The van der Waals surface area contributed by atoms with Gasteiger partial charge in [0.2, 0.25) is 10.0 Å². The van der Waals surface area contributed by atoms with Gasteiger partial charge in [-0.25, -0.2) is 17.7 Å². The molecule has 5 nitrogen and oxygen atoms in total. The van der Waals surface area contributed by atoms with Crippen LogP contribution in [0.15, 0.2) is 17.2 Å². The summed E-state index contributed by atoms with van der Waals surface area (Å²) in [5.74, 6) is 1.01. The molecule has 1 aromatic heterocycles. The SMILES string of the molecule is CCNc1ncc(S(=O)(=O)N(C)CC2CC2)cc1Cl. The molecule has 1 N–H and O–H groups in total. The van der Waals surface area contributed by atoms with E-state index < -0.39 is 10.0 Å². The highest BCUT2D eigenvalue weighted by Crippen LogP contribution is 2.31. The fourth-order valence-electron chi connectivity index (χ4n) is 1.80. The summed E-state index contributed by atoms with van der Waals surface area (Å²) in [6.45, 7) is 3.17. The summed E-state index contributed by atoms with van der Waals surface area (Å²) in [7, 11) is -1.89. The van der Waals surface area contributed by atoms with Crippen molar-refractivity contribution in [2.75, 3.05) is 25.5 Å². The predicted molar refractivity (Wildman–Crippen MR) is 76.0 cm³/mol. The largest absolute Gasteiger partial charge is 0.369 e. The highest BCUT2D eigenvalue weighted by atomic mass is 35.5. The first kappa shape index (κ1) is 14.6. The third kappa shape index (κ3) is 3.38. The molecule has 1 fully saturated rings. The van der Waals surface area contributed by atoms with E-state index in [4.69, 9.17) is 11.6 Å². The molecule has 1 aliphatic carbocycles. The topological polar surface area (TPSA) is 62.3 Å². The second kappa shape index (κ2) is 5.64. The van der Waals surface area contributed by atoms with Crippen LogP contribution in [-0.4, -0.2) is 37.8 Å². The van der Waals surface area contributed by atoms with Gasteiger partial charge in [0.1, 0.15) is 10.7 Å². The molecule has 2 rings (SSSR count). The summed E-state index contributed by atoms with van der Waals surface area (Å²) >= 11 is 6.03. The molecular weight excluding hydrogens is 286 g/mol. The van der Waals surface area contributed by atoms with Crippen molar-refractivity contribution in [3.8, 4) is 0 Å². The van der Waals surface area contributed by atoms with Gasteiger partial charge in [0.15, 0.2) is 0 Å². The molecule has 0 aromatic carbocycles. The summed E-state index contributed by atoms with van der Waals surface area (Å²) in [5, 5.41) is 3.30. The monoisotopic (exact) mass is 303 g/mol. The van der Waals surface area contributed by atoms with Gasteiger partial charge in [-0.15, -0.1) is 0 Å². The lowest BCUT2D eigenvalue weighted by Crippen LogP contribution is -2.29. The maximum absolute atomic E-state index is 12.3. The Morgan fingerprint density at radius 2 is 2.21 bits per heavy atom. The van der Waals surface area contributed by atoms with E-state index in [0.29, 0.717) is 29.8 Å². The first-order valence-corrected chi connectivity index (χ1v) is 8.12. The maximum atomic E-state index is 12.3. The molecular formula is C12H18ClN3O2S. The highest BCUT2D eigenvalue weighted by molar-refractivity contribution is 7.89. The summed E-state index contributed by atoms with van der Waals surface area (Å²) in [6, 6.07) is 1.45. The lowest BCUT2D eigenvalue weighted by atomic mass is 10.4. The fraction of sp³-hybridized carbons (Fsp3) is 0.583. The van der Waals surface area contributed by atoms with Crippen LogP contribution in [0.2, 0.25) is 5.02 Å². The minimum Gasteiger partial charge on any atom is -0.369 e. The van der Waals surface area contributed by atoms with Crippen molar-refractivity contribution < 1.29 is 8.42 Å². The van der Waals surface area contributed by atoms with Crippen LogP contribution in [0.1, 0.15) is 19.8 Å². The number of rotatable bonds is 6. The van der Waals surface area contributed by atoms with Crippen molar-refractivity contribution in [3.63, 3.8) is 0 Å². The standard InChI is InChI=1S/C12H18ClN3O2S/c1-3-14-12-11(13)6-10(7-15-12)19(17,18)16(2)8-9-4-5-9/h6-7,9H,3-5,8H2,1-2H3,(H,14,15). The number of sulfonamides is 1. The molecule has 19 heavy (non-hydrogen) atoms. The zero-order valence-electron chi connectivity index (χ0n) is 11.1. The molecule has 0 radical (unpaired) electrons. The van der Waals surface area contributed by atoms with E-state index in [-0.39, 0.29) is 4.90 Å². The van der Waals surface area contributed by atoms with E-state index in [9.17, 15) is 8.42 Å². The molecule has 1 aliphatic rings. The zero-order chi connectivity index (χ0) is 14.0. The normalized spacial score (nSPS) is 15.8. The van der Waals surface area contributed by atoms with Gasteiger partial charge >= 0.3 is 0 Å². The van der Waals surface area contributed by atoms with E-state index in [1.165, 1.54) is 16.6 Å². The molecule has 7 heteroatoms. The number of hydrogen-bond donors (Lipinski definition) is 1. The van der Waals surface area contributed by atoms with Gasteiger partial charge in [0.05, 0.1) is 5.02 Å². The molecule has 0 saturated heterocycles. The van der Waals surface area contributed by atoms with E-state index in [1.54, 1.807) is 7.05 Å². The van der Waals surface area contributed by atoms with E-state index in [0.717, 1.165) is 12.8 Å². The molecule has 1 saturated carbocycles. The molecule has 0 unspecified atom stereocenters. The van der Waals surface area contributed by atoms with E-state index in [2.05, 4.69) is 10.3 Å². The molecule has 0 amide bonds. The Bertz CT molecular complexity index is 558. The Morgan fingerprint density at radius 1 is 1.53 bits per heavy atom. The minimum absolute atomic E-state index is 0.141. The van der Waals surface area contributed by atoms with Crippen molar-refractivity contribution in [2.45, 2.75) is 24.7 Å². The van der Waals surface area contributed by atoms with Crippen LogP contribution in [-0.2, 0) is 10.0 Å². The lowest BCUT2D eigenvalue weighted by molar-refractivity contribution is 0.452. The summed E-state index contributed by atoms with van der Waals surface area (Å²) < 4.78 is 26.0. The van der Waals surface area contributed by atoms with E-state index >= 15 is 0 Å². The average molecular weight is 304 g/mol. The third-order valence-corrected chi connectivity index (χ3v) is 5.16. The van der Waals surface area contributed by atoms with Gasteiger partial charge in [0.25, 0.3) is 0 Å². The van der Waals surface area contributed by atoms with Gasteiger partial charge in [-0.05, 0) is 31.7 Å². The molecule has 0 atom stereocenters. The van der Waals surface area contributed by atoms with Crippen molar-refractivity contribution in [3.05, 3.63) is 17.3 Å². The quantitative estimate of drug-likeness (QED) is 0.875. The van der Waals surface area contributed by atoms with Crippen molar-refractivity contribution in [1.29, 1.82) is 0 Å². The minimum atomic E-state index is -3.49. The molecule has 0 bridgehead atoms. The summed E-state index contributed by atoms with van der Waals surface area (Å²) in [6.07, 6.45) is 3.57. The molecule has 0 aliphatic heterocycles. The average Bonchev–Trinajstić information content (AvgIpc) is 3.15. The summed E-state index contributed by atoms with van der Waals surface area (Å²) in [5.41, 5.74) is 0. The van der Waals surface area contributed by atoms with Gasteiger partial charge in [-0.1, -0.05) is 11.6 Å². The van der Waals surface area contributed by atoms with Gasteiger partial charge in [-0.3, -0.25) is 0 Å². The van der Waals surface area contributed by atoms with Gasteiger partial charge in [0, 0.05) is 26.3 Å². The Morgan fingerprint density at radius 3 is 2.74 bits per heavy atom. The Kier molecular flexibility index (Phi) is 4.32. The first-order valence-electron chi connectivity index (χ1n) is 6.31. The molecule has 0 spiro atoms. The number of anilines is 1. The van der Waals surface area contributed by atoms with Crippen LogP contribution in [0.3, 0.4) is 0 Å². The number of aromatic nitrogens is 1. The second-order valence-electron chi connectivity index (χ2n) is 4.76. The second-order valence-corrected chi connectivity index (χ2v) is 7.21. The maximum Gasteiger partial charge on any atom is 0.244 e. The van der Waals surface area contributed by atoms with Gasteiger partial charge < -0.3 is 5.32 Å². The van der Waals surface area contributed by atoms with Crippen LogP contribution in [0.25, 0.3) is 0 Å². The van der Waals surface area contributed by atoms with Crippen molar-refractivity contribution in [1.82, 2.24) is 9.29 Å². The third-order valence-electron chi connectivity index (χ3n) is 3.08.